The highest BCUT2D eigenvalue weighted by Crippen LogP contribution is 2.35. The van der Waals surface area contributed by atoms with Gasteiger partial charge in [0.25, 0.3) is 5.56 Å². The number of hydrogen-bond acceptors (Lipinski definition) is 4. The molecule has 0 atom stereocenters. The highest BCUT2D eigenvalue weighted by atomic mass is 32.1. The summed E-state index contributed by atoms with van der Waals surface area (Å²) in [6.07, 6.45) is 3.47. The van der Waals surface area contributed by atoms with Gasteiger partial charge in [0.05, 0.1) is 5.39 Å². The van der Waals surface area contributed by atoms with Crippen molar-refractivity contribution in [1.82, 2.24) is 9.55 Å². The van der Waals surface area contributed by atoms with E-state index in [0.717, 1.165) is 40.6 Å². The van der Waals surface area contributed by atoms with Gasteiger partial charge in [-0.05, 0) is 44.7 Å². The summed E-state index contributed by atoms with van der Waals surface area (Å²) in [6.45, 7) is 3.97. The van der Waals surface area contributed by atoms with E-state index in [-0.39, 0.29) is 11.3 Å². The van der Waals surface area contributed by atoms with Crippen LogP contribution in [-0.2, 0) is 24.2 Å². The lowest BCUT2D eigenvalue weighted by atomic mass is 10.1. The van der Waals surface area contributed by atoms with Crippen LogP contribution in [0.25, 0.3) is 21.6 Å². The molecule has 0 amide bonds. The van der Waals surface area contributed by atoms with Crippen LogP contribution in [0.3, 0.4) is 0 Å². The van der Waals surface area contributed by atoms with Crippen LogP contribution in [0.2, 0.25) is 0 Å². The number of benzene rings is 1. The average Bonchev–Trinajstić information content (AvgIpc) is 3.14. The predicted octanol–water partition coefficient (Wildman–Crippen LogP) is 3.90. The third-order valence-electron chi connectivity index (χ3n) is 4.79. The summed E-state index contributed by atoms with van der Waals surface area (Å²) in [7, 11) is 0. The second-order valence-corrected chi connectivity index (χ2v) is 7.83. The van der Waals surface area contributed by atoms with Gasteiger partial charge in [0.15, 0.2) is 0 Å². The molecule has 1 aromatic carbocycles. The molecular weight excluding hydrogens is 332 g/mol. The number of ketones is 1. The Morgan fingerprint density at radius 1 is 1.32 bits per heavy atom. The van der Waals surface area contributed by atoms with Crippen molar-refractivity contribution in [2.75, 3.05) is 0 Å². The van der Waals surface area contributed by atoms with Crippen molar-refractivity contribution in [3.05, 3.63) is 50.6 Å². The van der Waals surface area contributed by atoms with Crippen molar-refractivity contribution in [3.63, 3.8) is 0 Å². The van der Waals surface area contributed by atoms with E-state index in [4.69, 9.17) is 4.98 Å². The molecule has 0 fully saturated rings. The first kappa shape index (κ1) is 16.2. The van der Waals surface area contributed by atoms with Crippen molar-refractivity contribution >= 4 is 27.3 Å². The van der Waals surface area contributed by atoms with E-state index >= 15 is 0 Å². The Morgan fingerprint density at radius 2 is 2.16 bits per heavy atom. The molecule has 0 saturated heterocycles. The lowest BCUT2D eigenvalue weighted by molar-refractivity contribution is -0.117. The highest BCUT2D eigenvalue weighted by Gasteiger charge is 2.23. The molecule has 4 nitrogen and oxygen atoms in total. The average molecular weight is 352 g/mol. The quantitative estimate of drug-likeness (QED) is 0.715. The number of carbonyl (C=O) groups excluding carboxylic acids is 1. The number of fused-ring (bicyclic) bond motifs is 3. The van der Waals surface area contributed by atoms with E-state index in [2.05, 4.69) is 0 Å². The number of Topliss-reactive ketones (excluding diaryl/α,β-unsaturated/α-hetero) is 1. The molecule has 128 valence electrons. The Hall–Kier alpha value is -2.27. The number of thiophene rings is 1. The third kappa shape index (κ3) is 2.82. The Labute approximate surface area is 150 Å². The fourth-order valence-corrected chi connectivity index (χ4v) is 4.81. The molecule has 0 saturated carbocycles. The summed E-state index contributed by atoms with van der Waals surface area (Å²) in [6, 6.07) is 8.02. The summed E-state index contributed by atoms with van der Waals surface area (Å²) >= 11 is 1.66. The standard InChI is InChI=1S/C20H20N2O2S/c1-12-5-3-6-14(11-12)18-21-19-17(15-7-4-8-16(15)25-19)20(24)22(18)10-9-13(2)23/h3,5-6,11H,4,7-10H2,1-2H3. The van der Waals surface area contributed by atoms with E-state index in [9.17, 15) is 9.59 Å². The minimum absolute atomic E-state index is 0.00200. The van der Waals surface area contributed by atoms with Crippen molar-refractivity contribution in [2.24, 2.45) is 0 Å². The zero-order chi connectivity index (χ0) is 17.6. The number of nitrogens with zero attached hydrogens (tertiary/aromatic N) is 2. The predicted molar refractivity (Wildman–Crippen MR) is 101 cm³/mol. The maximum absolute atomic E-state index is 13.3. The highest BCUT2D eigenvalue weighted by molar-refractivity contribution is 7.18. The van der Waals surface area contributed by atoms with E-state index in [1.165, 1.54) is 10.4 Å². The maximum Gasteiger partial charge on any atom is 0.262 e. The lowest BCUT2D eigenvalue weighted by Gasteiger charge is -2.13. The molecule has 0 aliphatic heterocycles. The molecule has 0 spiro atoms. The normalized spacial score (nSPS) is 13.4. The number of rotatable bonds is 4. The van der Waals surface area contributed by atoms with E-state index in [0.29, 0.717) is 18.8 Å². The van der Waals surface area contributed by atoms with Crippen LogP contribution in [-0.4, -0.2) is 15.3 Å². The Bertz CT molecular complexity index is 1050. The Balaban J connectivity index is 1.98. The summed E-state index contributed by atoms with van der Waals surface area (Å²) in [5.74, 6) is 0.750. The Morgan fingerprint density at radius 3 is 2.92 bits per heavy atom. The monoisotopic (exact) mass is 352 g/mol. The number of aryl methyl sites for hydroxylation is 3. The summed E-state index contributed by atoms with van der Waals surface area (Å²) in [5.41, 5.74) is 3.24. The van der Waals surface area contributed by atoms with Crippen LogP contribution in [0, 0.1) is 6.92 Å². The van der Waals surface area contributed by atoms with E-state index < -0.39 is 0 Å². The van der Waals surface area contributed by atoms with Crippen molar-refractivity contribution < 1.29 is 4.79 Å². The first-order valence-corrected chi connectivity index (χ1v) is 9.48. The van der Waals surface area contributed by atoms with Crippen LogP contribution in [0.5, 0.6) is 0 Å². The maximum atomic E-state index is 13.3. The largest absolute Gasteiger partial charge is 0.300 e. The molecule has 0 N–H and O–H groups in total. The number of hydrogen-bond donors (Lipinski definition) is 0. The van der Waals surface area contributed by atoms with Gasteiger partial charge in [-0.3, -0.25) is 14.2 Å². The molecular formula is C20H20N2O2S. The van der Waals surface area contributed by atoms with Gasteiger partial charge < -0.3 is 0 Å². The first-order valence-electron chi connectivity index (χ1n) is 8.66. The molecule has 0 bridgehead atoms. The molecule has 3 aromatic rings. The van der Waals surface area contributed by atoms with Crippen LogP contribution < -0.4 is 5.56 Å². The van der Waals surface area contributed by atoms with Crippen LogP contribution in [0.1, 0.15) is 35.8 Å². The van der Waals surface area contributed by atoms with Crippen molar-refractivity contribution in [3.8, 4) is 11.4 Å². The van der Waals surface area contributed by atoms with Gasteiger partial charge in [-0.2, -0.15) is 0 Å². The van der Waals surface area contributed by atoms with Gasteiger partial charge in [0.1, 0.15) is 16.4 Å². The molecule has 2 heterocycles. The van der Waals surface area contributed by atoms with Crippen molar-refractivity contribution in [1.29, 1.82) is 0 Å². The molecule has 4 rings (SSSR count). The molecule has 0 radical (unpaired) electrons. The molecule has 5 heteroatoms. The van der Waals surface area contributed by atoms with Crippen LogP contribution in [0.15, 0.2) is 29.1 Å². The third-order valence-corrected chi connectivity index (χ3v) is 5.97. The van der Waals surface area contributed by atoms with Gasteiger partial charge in [-0.15, -0.1) is 11.3 Å². The van der Waals surface area contributed by atoms with Crippen molar-refractivity contribution in [2.45, 2.75) is 46.1 Å². The SMILES string of the molecule is CC(=O)CCn1c(-c2cccc(C)c2)nc2sc3c(c2c1=O)CCC3. The topological polar surface area (TPSA) is 52.0 Å². The Kier molecular flexibility index (Phi) is 4.04. The van der Waals surface area contributed by atoms with E-state index in [1.807, 2.05) is 31.2 Å². The lowest BCUT2D eigenvalue weighted by Crippen LogP contribution is -2.24. The van der Waals surface area contributed by atoms with Gasteiger partial charge in [-0.1, -0.05) is 23.8 Å². The molecule has 2 aromatic heterocycles. The molecule has 25 heavy (non-hydrogen) atoms. The van der Waals surface area contributed by atoms with Gasteiger partial charge in [0.2, 0.25) is 0 Å². The minimum atomic E-state index is 0.00200. The summed E-state index contributed by atoms with van der Waals surface area (Å²) in [5, 5.41) is 0.775. The minimum Gasteiger partial charge on any atom is -0.300 e. The fourth-order valence-electron chi connectivity index (χ4n) is 3.56. The second kappa shape index (κ2) is 6.23. The first-order chi connectivity index (χ1) is 12.0. The smallest absolute Gasteiger partial charge is 0.262 e. The number of aromatic nitrogens is 2. The van der Waals surface area contributed by atoms with E-state index in [1.54, 1.807) is 22.8 Å². The summed E-state index contributed by atoms with van der Waals surface area (Å²) in [4.78, 5) is 31.8. The van der Waals surface area contributed by atoms with Crippen LogP contribution in [0.4, 0.5) is 0 Å². The summed E-state index contributed by atoms with van der Waals surface area (Å²) < 4.78 is 1.70. The fraction of sp³-hybridized carbons (Fsp3) is 0.350. The zero-order valence-electron chi connectivity index (χ0n) is 14.5. The second-order valence-electron chi connectivity index (χ2n) is 6.75. The molecule has 1 aliphatic rings. The molecule has 0 unspecified atom stereocenters. The van der Waals surface area contributed by atoms with Gasteiger partial charge in [-0.25, -0.2) is 4.98 Å². The van der Waals surface area contributed by atoms with Crippen LogP contribution >= 0.6 is 11.3 Å². The van der Waals surface area contributed by atoms with Gasteiger partial charge >= 0.3 is 0 Å². The number of carbonyl (C=O) groups is 1. The van der Waals surface area contributed by atoms with Gasteiger partial charge in [0, 0.05) is 23.4 Å². The molecule has 1 aliphatic carbocycles. The zero-order valence-corrected chi connectivity index (χ0v) is 15.3.